The highest BCUT2D eigenvalue weighted by Crippen LogP contribution is 2.31. The molecule has 4 heteroatoms. The van der Waals surface area contributed by atoms with E-state index < -0.39 is 0 Å². The van der Waals surface area contributed by atoms with Crippen molar-refractivity contribution in [2.75, 3.05) is 0 Å². The number of hydrogen-bond donors (Lipinski definition) is 0. The fourth-order valence-corrected chi connectivity index (χ4v) is 3.70. The third-order valence-corrected chi connectivity index (χ3v) is 5.31. The van der Waals surface area contributed by atoms with Gasteiger partial charge in [0.25, 0.3) is 0 Å². The number of fused-ring (bicyclic) bond motifs is 1. The topological polar surface area (TPSA) is 33.0 Å². The van der Waals surface area contributed by atoms with Crippen molar-refractivity contribution in [2.45, 2.75) is 6.61 Å². The van der Waals surface area contributed by atoms with Crippen LogP contribution in [0.2, 0.25) is 0 Å². The minimum Gasteiger partial charge on any atom is -0.488 e. The molecule has 0 N–H and O–H groups in total. The van der Waals surface area contributed by atoms with Crippen LogP contribution in [0.1, 0.15) is 16.7 Å². The Morgan fingerprint density at radius 1 is 0.967 bits per heavy atom. The minimum absolute atomic E-state index is 0.102. The second-order valence-electron chi connectivity index (χ2n) is 6.76. The van der Waals surface area contributed by atoms with Crippen molar-refractivity contribution >= 4 is 38.4 Å². The van der Waals surface area contributed by atoms with E-state index in [1.54, 1.807) is 18.2 Å². The standard InChI is InChI=1S/C26H17BrFNO/c27-22-12-13-26(30-17-19-7-2-4-11-25(19)28)20(15-22)14-21(16-29)24-10-5-8-18-6-1-3-9-23(18)24/h1-15H,17H2/b21-14+. The largest absolute Gasteiger partial charge is 0.488 e. The molecule has 0 atom stereocenters. The fraction of sp³-hybridized carbons (Fsp3) is 0.0385. The van der Waals surface area contributed by atoms with Crippen molar-refractivity contribution in [3.8, 4) is 11.8 Å². The summed E-state index contributed by atoms with van der Waals surface area (Å²) in [6, 6.07) is 28.3. The lowest BCUT2D eigenvalue weighted by molar-refractivity contribution is 0.299. The van der Waals surface area contributed by atoms with Crippen molar-refractivity contribution in [1.82, 2.24) is 0 Å². The average molecular weight is 458 g/mol. The van der Waals surface area contributed by atoms with Crippen LogP contribution in [-0.2, 0) is 6.61 Å². The molecule has 4 aromatic carbocycles. The number of nitrogens with zero attached hydrogens (tertiary/aromatic N) is 1. The van der Waals surface area contributed by atoms with E-state index in [1.807, 2.05) is 66.7 Å². The molecule has 0 radical (unpaired) electrons. The van der Waals surface area contributed by atoms with Gasteiger partial charge in [-0.05, 0) is 41.1 Å². The number of rotatable bonds is 5. The van der Waals surface area contributed by atoms with E-state index in [2.05, 4.69) is 22.0 Å². The zero-order valence-electron chi connectivity index (χ0n) is 16.0. The summed E-state index contributed by atoms with van der Waals surface area (Å²) in [4.78, 5) is 0. The number of benzene rings is 4. The summed E-state index contributed by atoms with van der Waals surface area (Å²) in [5.74, 6) is 0.273. The molecule has 0 saturated heterocycles. The van der Waals surface area contributed by atoms with Crippen molar-refractivity contribution in [3.63, 3.8) is 0 Å². The summed E-state index contributed by atoms with van der Waals surface area (Å²) in [7, 11) is 0. The fourth-order valence-electron chi connectivity index (χ4n) is 3.32. The quantitative estimate of drug-likeness (QED) is 0.231. The average Bonchev–Trinajstić information content (AvgIpc) is 2.77. The predicted octanol–water partition coefficient (Wildman–Crippen LogP) is 7.38. The van der Waals surface area contributed by atoms with Gasteiger partial charge in [-0.15, -0.1) is 0 Å². The Morgan fingerprint density at radius 3 is 2.57 bits per heavy atom. The second-order valence-corrected chi connectivity index (χ2v) is 7.67. The van der Waals surface area contributed by atoms with E-state index >= 15 is 0 Å². The predicted molar refractivity (Wildman–Crippen MR) is 122 cm³/mol. The van der Waals surface area contributed by atoms with E-state index in [9.17, 15) is 9.65 Å². The molecule has 4 rings (SSSR count). The van der Waals surface area contributed by atoms with E-state index in [0.717, 1.165) is 26.4 Å². The molecule has 0 heterocycles. The van der Waals surface area contributed by atoms with Gasteiger partial charge in [-0.25, -0.2) is 4.39 Å². The SMILES string of the molecule is N#C/C(=C\c1cc(Br)ccc1OCc1ccccc1F)c1cccc2ccccc12. The summed E-state index contributed by atoms with van der Waals surface area (Å²) < 4.78 is 20.7. The number of allylic oxidation sites excluding steroid dienone is 1. The van der Waals surface area contributed by atoms with Gasteiger partial charge in [0, 0.05) is 21.2 Å². The van der Waals surface area contributed by atoms with Crippen LogP contribution in [-0.4, -0.2) is 0 Å². The number of halogens is 2. The highest BCUT2D eigenvalue weighted by Gasteiger charge is 2.10. The summed E-state index contributed by atoms with van der Waals surface area (Å²) in [6.45, 7) is 0.102. The third-order valence-electron chi connectivity index (χ3n) is 4.81. The lowest BCUT2D eigenvalue weighted by atomic mass is 9.97. The van der Waals surface area contributed by atoms with Gasteiger partial charge < -0.3 is 4.74 Å². The highest BCUT2D eigenvalue weighted by atomic mass is 79.9. The molecule has 0 saturated carbocycles. The molecule has 0 aromatic heterocycles. The Bertz CT molecular complexity index is 1280. The summed E-state index contributed by atoms with van der Waals surface area (Å²) in [6.07, 6.45) is 1.81. The molecule has 0 aliphatic rings. The van der Waals surface area contributed by atoms with E-state index in [1.165, 1.54) is 6.07 Å². The lowest BCUT2D eigenvalue weighted by Gasteiger charge is -2.12. The van der Waals surface area contributed by atoms with Crippen LogP contribution >= 0.6 is 15.9 Å². The highest BCUT2D eigenvalue weighted by molar-refractivity contribution is 9.10. The van der Waals surface area contributed by atoms with Crippen molar-refractivity contribution in [2.24, 2.45) is 0 Å². The molecule has 0 aliphatic carbocycles. The van der Waals surface area contributed by atoms with Crippen LogP contribution in [0.3, 0.4) is 0 Å². The van der Waals surface area contributed by atoms with Gasteiger partial charge in [0.15, 0.2) is 0 Å². The molecule has 0 spiro atoms. The molecule has 4 aromatic rings. The van der Waals surface area contributed by atoms with E-state index in [4.69, 9.17) is 4.74 Å². The van der Waals surface area contributed by atoms with E-state index in [0.29, 0.717) is 16.9 Å². The summed E-state index contributed by atoms with van der Waals surface area (Å²) >= 11 is 3.48. The van der Waals surface area contributed by atoms with Crippen molar-refractivity contribution in [1.29, 1.82) is 5.26 Å². The zero-order valence-corrected chi connectivity index (χ0v) is 17.6. The van der Waals surface area contributed by atoms with Gasteiger partial charge in [-0.3, -0.25) is 0 Å². The molecule has 0 unspecified atom stereocenters. The van der Waals surface area contributed by atoms with Gasteiger partial charge in [0.1, 0.15) is 18.2 Å². The molecule has 2 nitrogen and oxygen atoms in total. The molecule has 146 valence electrons. The molecule has 0 bridgehead atoms. The van der Waals surface area contributed by atoms with Gasteiger partial charge in [0.05, 0.1) is 11.6 Å². The molecule has 0 fully saturated rings. The molecular formula is C26H17BrFNO. The van der Waals surface area contributed by atoms with Crippen LogP contribution in [0.4, 0.5) is 4.39 Å². The van der Waals surface area contributed by atoms with E-state index in [-0.39, 0.29) is 12.4 Å². The van der Waals surface area contributed by atoms with Gasteiger partial charge >= 0.3 is 0 Å². The summed E-state index contributed by atoms with van der Waals surface area (Å²) in [5, 5.41) is 12.0. The van der Waals surface area contributed by atoms with Crippen LogP contribution < -0.4 is 4.74 Å². The lowest BCUT2D eigenvalue weighted by Crippen LogP contribution is -1.99. The van der Waals surface area contributed by atoms with Gasteiger partial charge in [0.2, 0.25) is 0 Å². The van der Waals surface area contributed by atoms with Gasteiger partial charge in [-0.1, -0.05) is 76.6 Å². The Labute approximate surface area is 183 Å². The van der Waals surface area contributed by atoms with Crippen molar-refractivity contribution in [3.05, 3.63) is 112 Å². The van der Waals surface area contributed by atoms with Gasteiger partial charge in [-0.2, -0.15) is 5.26 Å². The number of nitriles is 1. The monoisotopic (exact) mass is 457 g/mol. The Balaban J connectivity index is 1.74. The number of hydrogen-bond acceptors (Lipinski definition) is 2. The van der Waals surface area contributed by atoms with Crippen LogP contribution in [0.25, 0.3) is 22.4 Å². The first kappa shape index (κ1) is 19.9. The first-order chi connectivity index (χ1) is 14.7. The summed E-state index contributed by atoms with van der Waals surface area (Å²) in [5.41, 5.74) is 2.60. The Morgan fingerprint density at radius 2 is 1.73 bits per heavy atom. The zero-order chi connectivity index (χ0) is 20.9. The maximum absolute atomic E-state index is 13.9. The first-order valence-corrected chi connectivity index (χ1v) is 10.2. The third kappa shape index (κ3) is 4.27. The number of ether oxygens (including phenoxy) is 1. The second kappa shape index (κ2) is 8.94. The smallest absolute Gasteiger partial charge is 0.129 e. The normalized spacial score (nSPS) is 11.3. The molecule has 0 aliphatic heterocycles. The molecule has 0 amide bonds. The molecule has 30 heavy (non-hydrogen) atoms. The molecular weight excluding hydrogens is 441 g/mol. The maximum Gasteiger partial charge on any atom is 0.129 e. The maximum atomic E-state index is 13.9. The van der Waals surface area contributed by atoms with Crippen molar-refractivity contribution < 1.29 is 9.13 Å². The first-order valence-electron chi connectivity index (χ1n) is 9.41. The van der Waals surface area contributed by atoms with Crippen LogP contribution in [0, 0.1) is 17.1 Å². The Kier molecular flexibility index (Phi) is 5.92. The van der Waals surface area contributed by atoms with Crippen LogP contribution in [0.15, 0.2) is 89.4 Å². The van der Waals surface area contributed by atoms with Crippen LogP contribution in [0.5, 0.6) is 5.75 Å². The minimum atomic E-state index is -0.305. The Hall–Kier alpha value is -3.42.